The van der Waals surface area contributed by atoms with Gasteiger partial charge in [-0.1, -0.05) is 6.07 Å². The Labute approximate surface area is 188 Å². The first-order chi connectivity index (χ1) is 15.3. The number of likely N-dealkylation sites (N-methyl/N-ethyl adjacent to an activating group) is 1. The Bertz CT molecular complexity index is 865. The molecule has 0 N–H and O–H groups in total. The minimum absolute atomic E-state index is 0.0489. The molecule has 1 aromatic rings. The average molecular weight is 446 g/mol. The maximum absolute atomic E-state index is 12.9. The molecule has 9 heteroatoms. The quantitative estimate of drug-likeness (QED) is 0.587. The normalized spacial score (nSPS) is 19.1. The van der Waals surface area contributed by atoms with Gasteiger partial charge < -0.3 is 24.2 Å². The number of carbonyl (C=O) groups excluding carboxylic acids is 4. The van der Waals surface area contributed by atoms with Crippen LogP contribution in [0.2, 0.25) is 0 Å². The van der Waals surface area contributed by atoms with Crippen molar-refractivity contribution < 1.29 is 28.7 Å². The smallest absolute Gasteiger partial charge is 0.309 e. The molecule has 9 nitrogen and oxygen atoms in total. The van der Waals surface area contributed by atoms with Crippen molar-refractivity contribution in [3.05, 3.63) is 24.3 Å². The average Bonchev–Trinajstić information content (AvgIpc) is 3.20. The Morgan fingerprint density at radius 2 is 1.88 bits per heavy atom. The number of hydrogen-bond donors (Lipinski definition) is 0. The summed E-state index contributed by atoms with van der Waals surface area (Å²) in [4.78, 5) is 54.6. The number of rotatable bonds is 7. The van der Waals surface area contributed by atoms with Gasteiger partial charge in [0.15, 0.2) is 0 Å². The third-order valence-electron chi connectivity index (χ3n) is 6.06. The van der Waals surface area contributed by atoms with Gasteiger partial charge in [-0.15, -0.1) is 0 Å². The molecule has 2 fully saturated rings. The van der Waals surface area contributed by atoms with Crippen molar-refractivity contribution in [3.8, 4) is 5.75 Å². The summed E-state index contributed by atoms with van der Waals surface area (Å²) in [7, 11) is 3.15. The monoisotopic (exact) mass is 445 g/mol. The van der Waals surface area contributed by atoms with Crippen LogP contribution in [0.5, 0.6) is 5.75 Å². The van der Waals surface area contributed by atoms with Crippen LogP contribution in [-0.2, 0) is 23.9 Å². The van der Waals surface area contributed by atoms with Crippen molar-refractivity contribution >= 4 is 29.4 Å². The molecule has 2 aliphatic rings. The molecule has 2 heterocycles. The highest BCUT2D eigenvalue weighted by Crippen LogP contribution is 2.28. The van der Waals surface area contributed by atoms with Gasteiger partial charge in [-0.3, -0.25) is 19.2 Å². The number of benzene rings is 1. The summed E-state index contributed by atoms with van der Waals surface area (Å²) in [5.74, 6) is -0.752. The summed E-state index contributed by atoms with van der Waals surface area (Å²) >= 11 is 0. The lowest BCUT2D eigenvalue weighted by molar-refractivity contribution is -0.151. The number of esters is 1. The third kappa shape index (κ3) is 5.38. The van der Waals surface area contributed by atoms with Crippen molar-refractivity contribution in [1.29, 1.82) is 0 Å². The van der Waals surface area contributed by atoms with E-state index in [1.807, 2.05) is 0 Å². The maximum atomic E-state index is 12.9. The standard InChI is InChI=1S/C23H31N3O6/c1-4-32-23(30)16-8-10-25(11-9-16)21(28)15-24(2)22(29)17-12-20(27)26(14-17)18-6-5-7-19(13-18)31-3/h5-7,13,16-17H,4,8-12,14-15H2,1-3H3. The van der Waals surface area contributed by atoms with Crippen molar-refractivity contribution in [2.75, 3.05) is 51.8 Å². The van der Waals surface area contributed by atoms with Crippen LogP contribution < -0.4 is 9.64 Å². The zero-order chi connectivity index (χ0) is 23.3. The van der Waals surface area contributed by atoms with E-state index in [0.29, 0.717) is 44.0 Å². The predicted octanol–water partition coefficient (Wildman–Crippen LogP) is 1.31. The number of piperidine rings is 1. The van der Waals surface area contributed by atoms with Gasteiger partial charge in [0.1, 0.15) is 5.75 Å². The lowest BCUT2D eigenvalue weighted by atomic mass is 9.97. The van der Waals surface area contributed by atoms with Gasteiger partial charge in [0.05, 0.1) is 32.1 Å². The van der Waals surface area contributed by atoms with Crippen LogP contribution in [0.3, 0.4) is 0 Å². The highest BCUT2D eigenvalue weighted by Gasteiger charge is 2.37. The molecule has 0 aromatic heterocycles. The zero-order valence-electron chi connectivity index (χ0n) is 18.9. The van der Waals surface area contributed by atoms with Crippen LogP contribution in [0.25, 0.3) is 0 Å². The molecule has 1 atom stereocenters. The van der Waals surface area contributed by atoms with Gasteiger partial charge in [-0.05, 0) is 31.9 Å². The number of nitrogens with zero attached hydrogens (tertiary/aromatic N) is 3. The van der Waals surface area contributed by atoms with Crippen molar-refractivity contribution in [1.82, 2.24) is 9.80 Å². The first-order valence-electron chi connectivity index (χ1n) is 11.0. The molecule has 1 aromatic carbocycles. The number of ether oxygens (including phenoxy) is 2. The molecule has 0 saturated carbocycles. The van der Waals surface area contributed by atoms with Gasteiger partial charge in [-0.25, -0.2) is 0 Å². The number of likely N-dealkylation sites (tertiary alicyclic amines) is 1. The molecule has 3 rings (SSSR count). The second-order valence-corrected chi connectivity index (χ2v) is 8.21. The number of carbonyl (C=O) groups is 4. The lowest BCUT2D eigenvalue weighted by Crippen LogP contribution is -2.46. The zero-order valence-corrected chi connectivity index (χ0v) is 18.9. The molecule has 2 saturated heterocycles. The van der Waals surface area contributed by atoms with E-state index in [0.717, 1.165) is 0 Å². The molecule has 1 unspecified atom stereocenters. The van der Waals surface area contributed by atoms with E-state index >= 15 is 0 Å². The van der Waals surface area contributed by atoms with Crippen LogP contribution in [-0.4, -0.2) is 80.4 Å². The van der Waals surface area contributed by atoms with Crippen LogP contribution >= 0.6 is 0 Å². The van der Waals surface area contributed by atoms with Crippen molar-refractivity contribution in [2.24, 2.45) is 11.8 Å². The molecule has 3 amide bonds. The van der Waals surface area contributed by atoms with Gasteiger partial charge in [0, 0.05) is 44.9 Å². The second kappa shape index (κ2) is 10.5. The molecule has 0 spiro atoms. The minimum atomic E-state index is -0.499. The summed E-state index contributed by atoms with van der Waals surface area (Å²) in [5, 5.41) is 0. The van der Waals surface area contributed by atoms with E-state index in [-0.39, 0.29) is 49.1 Å². The lowest BCUT2D eigenvalue weighted by Gasteiger charge is -2.32. The highest BCUT2D eigenvalue weighted by atomic mass is 16.5. The first-order valence-corrected chi connectivity index (χ1v) is 11.0. The number of hydrogen-bond acceptors (Lipinski definition) is 6. The van der Waals surface area contributed by atoms with Gasteiger partial charge in [0.25, 0.3) is 0 Å². The fourth-order valence-electron chi connectivity index (χ4n) is 4.22. The molecular weight excluding hydrogens is 414 g/mol. The largest absolute Gasteiger partial charge is 0.497 e. The number of amides is 3. The van der Waals surface area contributed by atoms with Gasteiger partial charge in [-0.2, -0.15) is 0 Å². The highest BCUT2D eigenvalue weighted by molar-refractivity contribution is 6.00. The summed E-state index contributed by atoms with van der Waals surface area (Å²) < 4.78 is 10.3. The summed E-state index contributed by atoms with van der Waals surface area (Å²) in [6.45, 7) is 3.29. The van der Waals surface area contributed by atoms with E-state index in [1.54, 1.807) is 55.1 Å². The van der Waals surface area contributed by atoms with Gasteiger partial charge >= 0.3 is 5.97 Å². The van der Waals surface area contributed by atoms with Crippen molar-refractivity contribution in [3.63, 3.8) is 0 Å². The fraction of sp³-hybridized carbons (Fsp3) is 0.565. The minimum Gasteiger partial charge on any atom is -0.497 e. The Morgan fingerprint density at radius 3 is 2.53 bits per heavy atom. The Balaban J connectivity index is 1.52. The first kappa shape index (κ1) is 23.6. The Kier molecular flexibility index (Phi) is 7.71. The summed E-state index contributed by atoms with van der Waals surface area (Å²) in [6.07, 6.45) is 1.24. The van der Waals surface area contributed by atoms with E-state index < -0.39 is 5.92 Å². The topological polar surface area (TPSA) is 96.5 Å². The number of anilines is 1. The third-order valence-corrected chi connectivity index (χ3v) is 6.06. The molecule has 0 radical (unpaired) electrons. The summed E-state index contributed by atoms with van der Waals surface area (Å²) in [5.41, 5.74) is 0.688. The Hall–Kier alpha value is -3.10. The van der Waals surface area contributed by atoms with E-state index in [1.165, 1.54) is 4.90 Å². The molecule has 174 valence electrons. The molecule has 32 heavy (non-hydrogen) atoms. The van der Waals surface area contributed by atoms with Crippen LogP contribution in [0.1, 0.15) is 26.2 Å². The SMILES string of the molecule is CCOC(=O)C1CCN(C(=O)CN(C)C(=O)C2CC(=O)N(c3cccc(OC)c3)C2)CC1. The Morgan fingerprint density at radius 1 is 1.16 bits per heavy atom. The van der Waals surface area contributed by atoms with Crippen molar-refractivity contribution in [2.45, 2.75) is 26.2 Å². The number of methoxy groups -OCH3 is 1. The molecule has 0 aliphatic carbocycles. The van der Waals surface area contributed by atoms with Gasteiger partial charge in [0.2, 0.25) is 17.7 Å². The van der Waals surface area contributed by atoms with E-state index in [9.17, 15) is 19.2 Å². The van der Waals surface area contributed by atoms with Crippen LogP contribution in [0, 0.1) is 11.8 Å². The van der Waals surface area contributed by atoms with Crippen LogP contribution in [0.15, 0.2) is 24.3 Å². The molecule has 2 aliphatic heterocycles. The summed E-state index contributed by atoms with van der Waals surface area (Å²) in [6, 6.07) is 7.16. The molecule has 0 bridgehead atoms. The second-order valence-electron chi connectivity index (χ2n) is 8.21. The maximum Gasteiger partial charge on any atom is 0.309 e. The fourth-order valence-corrected chi connectivity index (χ4v) is 4.22. The van der Waals surface area contributed by atoms with Crippen LogP contribution in [0.4, 0.5) is 5.69 Å². The molecular formula is C23H31N3O6. The van der Waals surface area contributed by atoms with E-state index in [4.69, 9.17) is 9.47 Å². The van der Waals surface area contributed by atoms with E-state index in [2.05, 4.69) is 0 Å². The predicted molar refractivity (Wildman–Crippen MR) is 117 cm³/mol.